The van der Waals surface area contributed by atoms with Crippen molar-refractivity contribution in [1.29, 1.82) is 0 Å². The van der Waals surface area contributed by atoms with Gasteiger partial charge in [-0.05, 0) is 0 Å². The molecule has 31 heteroatoms. The first-order chi connectivity index (χ1) is 14.2. The van der Waals surface area contributed by atoms with Crippen LogP contribution >= 0.6 is 0 Å². The van der Waals surface area contributed by atoms with Gasteiger partial charge in [0.15, 0.2) is 0 Å². The molecule has 26 nitrogen and oxygen atoms in total. The van der Waals surface area contributed by atoms with Gasteiger partial charge in [-0.25, -0.2) is 0 Å². The summed E-state index contributed by atoms with van der Waals surface area (Å²) in [5.74, 6) is -3.95. The zero-order valence-electron chi connectivity index (χ0n) is 22.8. The van der Waals surface area contributed by atoms with Crippen molar-refractivity contribution in [3.8, 4) is 0 Å². The SMILES string of the molecule is O.O.O.O.O.O.O.O.O.O=C([O-])[C@H](O)[C@@H](O)[C@H](O)[C@H](O)CO.O=C([O-])[C@H](O)[C@@H](O)[C@H](O)[C@H](O)CO.[Na+].[Na+].[Na+].[O]=[Sb][O][Sb]=[O]. The topological polar surface area (TPSA) is 609 Å². The molecule has 43 heavy (non-hydrogen) atoms. The van der Waals surface area contributed by atoms with Crippen molar-refractivity contribution in [1.82, 2.24) is 0 Å². The monoisotopic (exact) mass is 911 g/mol. The standard InChI is InChI=1S/2C6H12O7.3Na.9H2O.3O.2Sb/c2*7-1-2(8)3(9)4(10)5(11)6(12)13;;;;;;;;;;;;;;;;;/h2*2-5,7-11H,1H2,(H,12,13);;;;9*1H2;;;;;/q;;3*+1;;;;;;;;;;;;;;/p-2/t2*2-,3-,4+,5-;;;;;;;;;;;;;;;;;/m11................./s1. The molecule has 0 saturated heterocycles. The van der Waals surface area contributed by atoms with E-state index < -0.39 is 118 Å². The van der Waals surface area contributed by atoms with Gasteiger partial charge in [-0.15, -0.1) is 0 Å². The molecule has 0 unspecified atom stereocenters. The molecule has 256 valence electrons. The molecule has 8 atom stereocenters. The number of rotatable bonds is 12. The minimum absolute atomic E-state index is 0. The summed E-state index contributed by atoms with van der Waals surface area (Å²) < 4.78 is 22.6. The first-order valence-corrected chi connectivity index (χ1v) is 11.8. The van der Waals surface area contributed by atoms with Gasteiger partial charge < -0.3 is 120 Å². The molecular weight excluding hydrogens is 873 g/mol. The van der Waals surface area contributed by atoms with E-state index in [1.165, 1.54) is 0 Å². The maximum atomic E-state index is 9.98. The van der Waals surface area contributed by atoms with Crippen LogP contribution < -0.4 is 98.9 Å². The number of carbonyl (C=O) groups is 2. The summed E-state index contributed by atoms with van der Waals surface area (Å²) in [7, 11) is 0. The molecule has 0 radical (unpaired) electrons. The Morgan fingerprint density at radius 3 is 0.791 bits per heavy atom. The summed E-state index contributed by atoms with van der Waals surface area (Å²) in [6, 6.07) is 0. The Bertz CT molecular complexity index is 500. The molecular formula is C12H40Na3O26Sb2+. The third kappa shape index (κ3) is 48.9. The van der Waals surface area contributed by atoms with Crippen LogP contribution in [-0.4, -0.2) is 218 Å². The first kappa shape index (κ1) is 96.8. The molecule has 0 heterocycles. The summed E-state index contributed by atoms with van der Waals surface area (Å²) in [5.41, 5.74) is 0. The molecule has 0 fully saturated rings. The molecule has 0 aliphatic rings. The summed E-state index contributed by atoms with van der Waals surface area (Å²) in [6.07, 6.45) is -16.2. The number of carboxylic acids is 2. The van der Waals surface area contributed by atoms with Gasteiger partial charge in [-0.1, -0.05) is 0 Å². The fourth-order valence-corrected chi connectivity index (χ4v) is 1.94. The average Bonchev–Trinajstić information content (AvgIpc) is 2.75. The Kier molecular flexibility index (Phi) is 135. The Morgan fingerprint density at radius 1 is 0.512 bits per heavy atom. The van der Waals surface area contributed by atoms with Gasteiger partial charge in [-0.3, -0.25) is 0 Å². The minimum atomic E-state index is -2.31. The van der Waals surface area contributed by atoms with Crippen LogP contribution in [0.25, 0.3) is 0 Å². The summed E-state index contributed by atoms with van der Waals surface area (Å²) in [6.45, 7) is -1.73. The van der Waals surface area contributed by atoms with Crippen molar-refractivity contribution < 1.29 is 216 Å². The predicted molar refractivity (Wildman–Crippen MR) is 119 cm³/mol. The number of aliphatic hydroxyl groups excluding tert-OH is 10. The third-order valence-electron chi connectivity index (χ3n) is 3.06. The second kappa shape index (κ2) is 59.8. The predicted octanol–water partition coefficient (Wildman–Crippen LogP) is -27.1. The van der Waals surface area contributed by atoms with Crippen LogP contribution in [0.4, 0.5) is 0 Å². The second-order valence-corrected chi connectivity index (χ2v) is 9.66. The fourth-order valence-electron chi connectivity index (χ4n) is 1.34. The van der Waals surface area contributed by atoms with Crippen molar-refractivity contribution in [3.05, 3.63) is 0 Å². The molecule has 0 amide bonds. The molecule has 0 aliphatic carbocycles. The zero-order chi connectivity index (χ0) is 25.3. The maximum absolute atomic E-state index is 9.98. The van der Waals surface area contributed by atoms with Crippen LogP contribution in [0.15, 0.2) is 0 Å². The van der Waals surface area contributed by atoms with Crippen LogP contribution in [0, 0.1) is 0 Å². The number of aliphatic carboxylic acids is 2. The van der Waals surface area contributed by atoms with Crippen molar-refractivity contribution >= 4 is 56.0 Å². The first-order valence-electron chi connectivity index (χ1n) is 7.64. The average molecular weight is 913 g/mol. The Balaban J connectivity index is -0.0000000195. The number of hydrogen-bond acceptors (Lipinski definition) is 17. The Hall–Kier alpha value is 2.38. The van der Waals surface area contributed by atoms with Crippen molar-refractivity contribution in [2.24, 2.45) is 0 Å². The summed E-state index contributed by atoms with van der Waals surface area (Å²) in [5, 5.41) is 107. The summed E-state index contributed by atoms with van der Waals surface area (Å²) in [4.78, 5) is 20.0. The third-order valence-corrected chi connectivity index (χ3v) is 5.99. The van der Waals surface area contributed by atoms with Crippen molar-refractivity contribution in [3.63, 3.8) is 0 Å². The van der Waals surface area contributed by atoms with E-state index in [1.807, 2.05) is 0 Å². The van der Waals surface area contributed by atoms with Crippen LogP contribution in [0.5, 0.6) is 0 Å². The van der Waals surface area contributed by atoms with E-state index in [0.29, 0.717) is 0 Å². The van der Waals surface area contributed by atoms with E-state index in [1.54, 1.807) is 0 Å². The summed E-state index contributed by atoms with van der Waals surface area (Å²) >= 11 is -3.31. The van der Waals surface area contributed by atoms with Crippen LogP contribution in [0.2, 0.25) is 0 Å². The number of carbonyl (C=O) groups excluding carboxylic acids is 2. The molecule has 0 spiro atoms. The Labute approximate surface area is 330 Å². The van der Waals surface area contributed by atoms with E-state index in [2.05, 4.69) is 1.29 Å². The fraction of sp³-hybridized carbons (Fsp3) is 0.833. The number of hydrogen-bond donors (Lipinski definition) is 10. The second-order valence-electron chi connectivity index (χ2n) is 5.22. The van der Waals surface area contributed by atoms with E-state index in [-0.39, 0.29) is 138 Å². The normalized spacial score (nSPS) is 13.1. The van der Waals surface area contributed by atoms with Crippen LogP contribution in [0.1, 0.15) is 0 Å². The van der Waals surface area contributed by atoms with E-state index >= 15 is 0 Å². The Morgan fingerprint density at radius 2 is 0.698 bits per heavy atom. The van der Waals surface area contributed by atoms with E-state index in [9.17, 15) is 25.8 Å². The van der Waals surface area contributed by atoms with Gasteiger partial charge in [0.1, 0.15) is 48.8 Å². The van der Waals surface area contributed by atoms with E-state index in [4.69, 9.17) is 51.1 Å². The number of carboxylic acid groups (broad SMARTS) is 2. The molecule has 0 aromatic carbocycles. The van der Waals surface area contributed by atoms with Gasteiger partial charge in [-0.2, -0.15) is 0 Å². The van der Waals surface area contributed by atoms with Gasteiger partial charge in [0, 0.05) is 0 Å². The molecule has 0 aromatic rings. The van der Waals surface area contributed by atoms with Crippen LogP contribution in [-0.2, 0) is 16.9 Å². The van der Waals surface area contributed by atoms with Crippen LogP contribution in [0.3, 0.4) is 0 Å². The molecule has 0 aromatic heterocycles. The molecule has 28 N–H and O–H groups in total. The van der Waals surface area contributed by atoms with Gasteiger partial charge in [0.2, 0.25) is 0 Å². The zero-order valence-corrected chi connectivity index (χ0v) is 33.9. The quantitative estimate of drug-likeness (QED) is 0.0813. The van der Waals surface area contributed by atoms with Crippen molar-refractivity contribution in [2.45, 2.75) is 48.8 Å². The molecule has 0 saturated carbocycles. The van der Waals surface area contributed by atoms with Crippen molar-refractivity contribution in [2.75, 3.05) is 13.2 Å². The van der Waals surface area contributed by atoms with Gasteiger partial charge in [0.05, 0.1) is 25.2 Å². The molecule has 0 bridgehead atoms. The number of aliphatic hydroxyl groups is 10. The molecule has 0 aliphatic heterocycles. The molecule has 0 rings (SSSR count). The van der Waals surface area contributed by atoms with E-state index in [0.717, 1.165) is 0 Å². The van der Waals surface area contributed by atoms with Gasteiger partial charge >= 0.3 is 140 Å². The van der Waals surface area contributed by atoms with Gasteiger partial charge in [0.25, 0.3) is 0 Å².